The third kappa shape index (κ3) is 2.34. The van der Waals surface area contributed by atoms with Gasteiger partial charge in [-0.2, -0.15) is 0 Å². The Balaban J connectivity index is 1.81. The molecule has 0 saturated carbocycles. The Labute approximate surface area is 148 Å². The second-order valence-corrected chi connectivity index (χ2v) is 6.31. The summed E-state index contributed by atoms with van der Waals surface area (Å²) >= 11 is 6.01. The quantitative estimate of drug-likeness (QED) is 0.655. The highest BCUT2D eigenvalue weighted by Gasteiger charge is 2.33. The van der Waals surface area contributed by atoms with E-state index in [4.69, 9.17) is 17.0 Å². The number of nitrogens with zero attached hydrogens (tertiary/aromatic N) is 3. The fraction of sp³-hybridized carbons (Fsp3) is 0.111. The Hall–Kier alpha value is -2.99. The summed E-state index contributed by atoms with van der Waals surface area (Å²) in [6, 6.07) is 12.2. The number of phenolic OH excluding ortho intramolecular Hbond substituents is 1. The molecular weight excluding hydrogens is 340 g/mol. The lowest BCUT2D eigenvalue weighted by Gasteiger charge is -2.20. The van der Waals surface area contributed by atoms with Crippen LogP contribution >= 0.6 is 11.6 Å². The second-order valence-electron chi connectivity index (χ2n) is 5.87. The van der Waals surface area contributed by atoms with E-state index in [9.17, 15) is 10.2 Å². The molecule has 7 heteroatoms. The van der Waals surface area contributed by atoms with Gasteiger partial charge >= 0.3 is 0 Å². The molecule has 4 rings (SSSR count). The first-order chi connectivity index (χ1) is 12.0. The van der Waals surface area contributed by atoms with Crippen LogP contribution in [0.25, 0.3) is 16.6 Å². The normalized spacial score (nSPS) is 14.8. The third-order valence-electron chi connectivity index (χ3n) is 4.34. The number of rotatable bonds is 2. The van der Waals surface area contributed by atoms with Gasteiger partial charge < -0.3 is 19.7 Å². The number of aliphatic hydroxyl groups excluding tert-OH is 1. The SMILES string of the molecule is Cn1c(C2=C(O)CN(c3cc(Cl)ccc3O)C2=N)nc2ccccc21. The first-order valence-electron chi connectivity index (χ1n) is 7.66. The smallest absolute Gasteiger partial charge is 0.148 e. The van der Waals surface area contributed by atoms with E-state index in [2.05, 4.69) is 4.98 Å². The molecular formula is C18H15ClN4O2. The zero-order valence-corrected chi connectivity index (χ0v) is 14.1. The molecule has 0 bridgehead atoms. The Kier molecular flexibility index (Phi) is 3.43. The average molecular weight is 355 g/mol. The van der Waals surface area contributed by atoms with Crippen LogP contribution in [0.4, 0.5) is 5.69 Å². The lowest BCUT2D eigenvalue weighted by atomic mass is 10.2. The summed E-state index contributed by atoms with van der Waals surface area (Å²) in [5, 5.41) is 29.5. The fourth-order valence-corrected chi connectivity index (χ4v) is 3.27. The zero-order valence-electron chi connectivity index (χ0n) is 13.4. The van der Waals surface area contributed by atoms with Crippen LogP contribution in [0.15, 0.2) is 48.2 Å². The largest absolute Gasteiger partial charge is 0.509 e. The Morgan fingerprint density at radius 3 is 2.68 bits per heavy atom. The van der Waals surface area contributed by atoms with Crippen LogP contribution in [0.5, 0.6) is 5.75 Å². The number of aliphatic hydroxyl groups is 1. The van der Waals surface area contributed by atoms with Crippen molar-refractivity contribution in [2.24, 2.45) is 7.05 Å². The molecule has 0 aliphatic carbocycles. The number of fused-ring (bicyclic) bond motifs is 1. The third-order valence-corrected chi connectivity index (χ3v) is 4.58. The summed E-state index contributed by atoms with van der Waals surface area (Å²) in [4.78, 5) is 6.06. The predicted octanol–water partition coefficient (Wildman–Crippen LogP) is 3.70. The first kappa shape index (κ1) is 15.5. The van der Waals surface area contributed by atoms with Crippen LogP contribution in [0, 0.1) is 5.41 Å². The Morgan fingerprint density at radius 2 is 1.92 bits per heavy atom. The van der Waals surface area contributed by atoms with Gasteiger partial charge in [0.15, 0.2) is 0 Å². The van der Waals surface area contributed by atoms with E-state index in [1.165, 1.54) is 11.0 Å². The second kappa shape index (κ2) is 5.53. The minimum absolute atomic E-state index is 0.00629. The number of hydrogen-bond donors (Lipinski definition) is 3. The highest BCUT2D eigenvalue weighted by atomic mass is 35.5. The van der Waals surface area contributed by atoms with E-state index < -0.39 is 0 Å². The van der Waals surface area contributed by atoms with Crippen molar-refractivity contribution in [3.05, 3.63) is 59.1 Å². The lowest BCUT2D eigenvalue weighted by molar-refractivity contribution is 0.410. The maximum absolute atomic E-state index is 10.5. The summed E-state index contributed by atoms with van der Waals surface area (Å²) in [6.07, 6.45) is 0. The molecule has 0 fully saturated rings. The number of imidazole rings is 1. The van der Waals surface area contributed by atoms with E-state index in [-0.39, 0.29) is 23.9 Å². The van der Waals surface area contributed by atoms with Gasteiger partial charge in [0.1, 0.15) is 23.2 Å². The van der Waals surface area contributed by atoms with Crippen LogP contribution in [0.1, 0.15) is 5.82 Å². The molecule has 6 nitrogen and oxygen atoms in total. The highest BCUT2D eigenvalue weighted by Crippen LogP contribution is 2.37. The predicted molar refractivity (Wildman–Crippen MR) is 98.5 cm³/mol. The molecule has 0 unspecified atom stereocenters. The van der Waals surface area contributed by atoms with Crippen molar-refractivity contribution in [3.63, 3.8) is 0 Å². The number of benzene rings is 2. The lowest BCUT2D eigenvalue weighted by Crippen LogP contribution is -2.26. The maximum atomic E-state index is 10.5. The van der Waals surface area contributed by atoms with Gasteiger partial charge in [0.25, 0.3) is 0 Å². The molecule has 0 amide bonds. The zero-order chi connectivity index (χ0) is 17.7. The average Bonchev–Trinajstić information content (AvgIpc) is 3.07. The number of para-hydroxylation sites is 2. The number of anilines is 1. The summed E-state index contributed by atoms with van der Waals surface area (Å²) in [5.74, 6) is 0.595. The molecule has 25 heavy (non-hydrogen) atoms. The molecule has 3 N–H and O–H groups in total. The standard InChI is InChI=1S/C18H15ClN4O2/c1-22-12-5-3-2-4-11(12)21-18(22)16-15(25)9-23(17(16)20)13-8-10(19)6-7-14(13)24/h2-8,20,24-25H,9H2,1H3. The van der Waals surface area contributed by atoms with Crippen LogP contribution in [0.3, 0.4) is 0 Å². The van der Waals surface area contributed by atoms with Crippen LogP contribution < -0.4 is 4.90 Å². The van der Waals surface area contributed by atoms with Gasteiger partial charge in [-0.1, -0.05) is 23.7 Å². The molecule has 1 aliphatic heterocycles. The number of amidine groups is 1. The van der Waals surface area contributed by atoms with Crippen LogP contribution in [0.2, 0.25) is 5.02 Å². The van der Waals surface area contributed by atoms with Crippen molar-refractivity contribution in [1.82, 2.24) is 9.55 Å². The monoisotopic (exact) mass is 354 g/mol. The number of aromatic nitrogens is 2. The van der Waals surface area contributed by atoms with Gasteiger partial charge in [-0.15, -0.1) is 0 Å². The number of phenols is 1. The molecule has 0 atom stereocenters. The number of halogens is 1. The Morgan fingerprint density at radius 1 is 1.16 bits per heavy atom. The summed E-state index contributed by atoms with van der Waals surface area (Å²) in [5.41, 5.74) is 2.42. The molecule has 2 heterocycles. The summed E-state index contributed by atoms with van der Waals surface area (Å²) in [7, 11) is 1.84. The minimum atomic E-state index is -0.00629. The van der Waals surface area contributed by atoms with Gasteiger partial charge in [-0.3, -0.25) is 5.41 Å². The number of hydrogen-bond acceptors (Lipinski definition) is 4. The number of nitrogens with one attached hydrogen (secondary N) is 1. The van der Waals surface area contributed by atoms with Crippen molar-refractivity contribution < 1.29 is 10.2 Å². The van der Waals surface area contributed by atoms with Crippen molar-refractivity contribution >= 4 is 39.7 Å². The van der Waals surface area contributed by atoms with Crippen molar-refractivity contribution in [1.29, 1.82) is 5.41 Å². The van der Waals surface area contributed by atoms with Crippen molar-refractivity contribution in [2.75, 3.05) is 11.4 Å². The molecule has 0 saturated heterocycles. The Bertz CT molecular complexity index is 1050. The van der Waals surface area contributed by atoms with Gasteiger partial charge in [0.05, 0.1) is 28.8 Å². The maximum Gasteiger partial charge on any atom is 0.148 e. The fourth-order valence-electron chi connectivity index (χ4n) is 3.10. The van der Waals surface area contributed by atoms with Gasteiger partial charge in [-0.05, 0) is 30.3 Å². The van der Waals surface area contributed by atoms with Crippen LogP contribution in [-0.4, -0.2) is 32.1 Å². The summed E-state index contributed by atoms with van der Waals surface area (Å²) < 4.78 is 1.84. The molecule has 1 aliphatic rings. The van der Waals surface area contributed by atoms with Crippen molar-refractivity contribution in [3.8, 4) is 5.75 Å². The summed E-state index contributed by atoms with van der Waals surface area (Å²) in [6.45, 7) is 0.0747. The van der Waals surface area contributed by atoms with E-state index in [0.717, 1.165) is 11.0 Å². The first-order valence-corrected chi connectivity index (χ1v) is 8.04. The minimum Gasteiger partial charge on any atom is -0.509 e. The van der Waals surface area contributed by atoms with Gasteiger partial charge in [-0.25, -0.2) is 4.98 Å². The molecule has 3 aromatic rings. The van der Waals surface area contributed by atoms with Gasteiger partial charge in [0.2, 0.25) is 0 Å². The van der Waals surface area contributed by atoms with E-state index in [1.54, 1.807) is 12.1 Å². The van der Waals surface area contributed by atoms with Gasteiger partial charge in [0, 0.05) is 12.1 Å². The van der Waals surface area contributed by atoms with E-state index in [1.807, 2.05) is 35.9 Å². The number of aromatic hydroxyl groups is 1. The number of aryl methyl sites for hydroxylation is 1. The van der Waals surface area contributed by atoms with Crippen LogP contribution in [-0.2, 0) is 7.05 Å². The topological polar surface area (TPSA) is 85.4 Å². The molecule has 0 radical (unpaired) electrons. The van der Waals surface area contributed by atoms with E-state index >= 15 is 0 Å². The van der Waals surface area contributed by atoms with E-state index in [0.29, 0.717) is 22.1 Å². The molecule has 2 aromatic carbocycles. The van der Waals surface area contributed by atoms with Crippen molar-refractivity contribution in [2.45, 2.75) is 0 Å². The molecule has 1 aromatic heterocycles. The molecule has 0 spiro atoms. The molecule has 126 valence electrons. The highest BCUT2D eigenvalue weighted by molar-refractivity contribution is 6.32.